The number of benzene rings is 14. The lowest BCUT2D eigenvalue weighted by atomic mass is 9.33. The number of fused-ring (bicyclic) bond motifs is 10. The minimum absolute atomic E-state index is 0.0112. The van der Waals surface area contributed by atoms with Gasteiger partial charge in [-0.1, -0.05) is 372 Å². The molecule has 2 aliphatic heterocycles. The van der Waals surface area contributed by atoms with E-state index in [4.69, 9.17) is 1.37 Å². The quantitative estimate of drug-likeness (QED) is 0.134. The van der Waals surface area contributed by atoms with E-state index >= 15 is 0 Å². The van der Waals surface area contributed by atoms with Gasteiger partial charge in [0.05, 0.1) is 92.6 Å². The van der Waals surface area contributed by atoms with Gasteiger partial charge < -0.3 is 18.9 Å². The van der Waals surface area contributed by atoms with Crippen molar-refractivity contribution in [1.82, 2.24) is 9.13 Å². The van der Waals surface area contributed by atoms with E-state index in [0.29, 0.717) is 0 Å². The number of hydrogen-bond donors (Lipinski definition) is 0. The van der Waals surface area contributed by atoms with E-state index in [1.165, 1.54) is 62.9 Å². The summed E-state index contributed by atoms with van der Waals surface area (Å²) in [6, 6.07) is -18.9. The van der Waals surface area contributed by atoms with Crippen LogP contribution in [0.25, 0.3) is 111 Å². The van der Waals surface area contributed by atoms with Crippen LogP contribution in [0.4, 0.5) is 34.1 Å². The third-order valence-electron chi connectivity index (χ3n) is 22.7. The van der Waals surface area contributed by atoms with Gasteiger partial charge in [-0.15, -0.1) is 0 Å². The summed E-state index contributed by atoms with van der Waals surface area (Å²) in [6.07, 6.45) is 0. The molecule has 0 aliphatic carbocycles. The fourth-order valence-corrected chi connectivity index (χ4v) is 16.5. The molecule has 2 aliphatic rings. The van der Waals surface area contributed by atoms with Gasteiger partial charge in [-0.25, -0.2) is 0 Å². The van der Waals surface area contributed by atoms with Crippen LogP contribution in [-0.2, 0) is 43.3 Å². The fraction of sp³-hybridized carbons (Fsp3) is 0.276. The maximum absolute atomic E-state index is 11.9. The van der Waals surface area contributed by atoms with Crippen molar-refractivity contribution in [3.05, 3.63) is 329 Å². The number of aromatic nitrogens is 2. The molecule has 0 atom stereocenters. The van der Waals surface area contributed by atoms with Crippen molar-refractivity contribution in [3.63, 3.8) is 0 Å². The summed E-state index contributed by atoms with van der Waals surface area (Å²) >= 11 is 0. The second-order valence-electron chi connectivity index (χ2n) is 40.0. The maximum Gasteiger partial charge on any atom is 0.252 e. The van der Waals surface area contributed by atoms with Gasteiger partial charge in [0.2, 0.25) is 0 Å². The highest BCUT2D eigenvalue weighted by Gasteiger charge is 2.48. The molecule has 14 aromatic carbocycles. The molecule has 18 rings (SSSR count). The van der Waals surface area contributed by atoms with Crippen LogP contribution in [0.1, 0.15) is 264 Å². The second kappa shape index (κ2) is 28.5. The molecule has 2 aromatic heterocycles. The van der Waals surface area contributed by atoms with E-state index in [0.717, 1.165) is 4.57 Å². The first-order chi connectivity index (χ1) is 73.4. The Hall–Kier alpha value is -11.7. The van der Waals surface area contributed by atoms with Crippen molar-refractivity contribution < 1.29 is 53.5 Å². The van der Waals surface area contributed by atoms with E-state index in [9.17, 15) is 52.1 Å². The number of rotatable bonds is 9. The lowest BCUT2D eigenvalue weighted by Gasteiger charge is -2.46. The summed E-state index contributed by atoms with van der Waals surface area (Å²) in [7, 11) is 0. The minimum Gasteiger partial charge on any atom is -0.310 e. The van der Waals surface area contributed by atoms with E-state index in [1.807, 2.05) is 0 Å². The minimum atomic E-state index is -1.74. The van der Waals surface area contributed by atoms with Crippen molar-refractivity contribution in [1.29, 1.82) is 0 Å². The molecule has 0 bridgehead atoms. The number of nitrogens with zero attached hydrogens (tertiary/aromatic N) is 4. The Bertz CT molecular complexity index is 9060. The van der Waals surface area contributed by atoms with Gasteiger partial charge in [-0.2, -0.15) is 0 Å². The summed E-state index contributed by atoms with van der Waals surface area (Å²) in [5.74, 6) is 0. The molecule has 4 heterocycles. The lowest BCUT2D eigenvalue weighted by molar-refractivity contribution is 0.569. The molecule has 0 saturated heterocycles. The van der Waals surface area contributed by atoms with Crippen LogP contribution in [0.15, 0.2) is 284 Å². The molecule has 5 heteroatoms. The van der Waals surface area contributed by atoms with Gasteiger partial charge in [0.1, 0.15) is 0 Å². The fourth-order valence-electron chi connectivity index (χ4n) is 16.5. The van der Waals surface area contributed by atoms with Crippen molar-refractivity contribution in [3.8, 4) is 67.0 Å². The summed E-state index contributed by atoms with van der Waals surface area (Å²) in [6.45, 7) is 38.7. The molecule has 121 heavy (non-hydrogen) atoms. The molecule has 0 spiro atoms. The van der Waals surface area contributed by atoms with Crippen LogP contribution in [-0.4, -0.2) is 15.8 Å². The van der Waals surface area contributed by atoms with Gasteiger partial charge >= 0.3 is 0 Å². The summed E-state index contributed by atoms with van der Waals surface area (Å²) in [5.41, 5.74) is -22.8. The molecule has 0 radical (unpaired) electrons. The predicted molar refractivity (Wildman–Crippen MR) is 526 cm³/mol. The highest BCUT2D eigenvalue weighted by atomic mass is 15.2. The molecule has 0 saturated carbocycles. The van der Waals surface area contributed by atoms with E-state index in [2.05, 4.69) is 0 Å². The van der Waals surface area contributed by atoms with Crippen LogP contribution >= 0.6 is 0 Å². The van der Waals surface area contributed by atoms with Crippen LogP contribution in [0.3, 0.4) is 0 Å². The third-order valence-corrected chi connectivity index (χ3v) is 22.7. The summed E-state index contributed by atoms with van der Waals surface area (Å²) in [5, 5.41) is -1.97. The number of para-hydroxylation sites is 4. The monoisotopic (exact) mass is 1620 g/mol. The van der Waals surface area contributed by atoms with E-state index < -0.39 is 396 Å². The second-order valence-corrected chi connectivity index (χ2v) is 40.0. The number of anilines is 6. The smallest absolute Gasteiger partial charge is 0.252 e. The standard InChI is InChI=1S/C116H119BN4/c1-109(2,3)76-54-49-73(50-55-76)88-64-79(112(10,11)12)66-90(83-60-58-78(111(7,8)9)68-94(83)116(22,23)24)107(88)121-102-69-81(118-97-45-32-28-39-84(97)85-40-29-33-46-98(85)118)59-62-96(102)117-95-61-53-75(72-37-26-25-27-38-72)63-101(95)120(103-70-82(71-104(121)106(103)117)119-99-47-34-30-41-86(99)87-42-31-35-48-100(87)119)108-89(74-51-56-77(57-52-74)110(4,5)6)65-80(113(13,14)15)67-91(108)105-92(114(16,17)18)43-36-44-93(105)115(19,20)21/h25-71H,1-24H3/i25D,26D,27D,28D,29D,30D,31D,32D,33D,34D,35D,36D,37D,38D,39D,40D,41D,42D,43D,44D,45D,46D,47D,48D,49D,50D,51D,52D,54D,55D,56D,57D,58D,60D,64D,65D,66D,67D,68D. The molecule has 16 aromatic rings. The van der Waals surface area contributed by atoms with Gasteiger partial charge in [-0.05, 0) is 216 Å². The first kappa shape index (κ1) is 46.9. The van der Waals surface area contributed by atoms with Crippen LogP contribution in [0.5, 0.6) is 0 Å². The van der Waals surface area contributed by atoms with Crippen molar-refractivity contribution in [2.24, 2.45) is 0 Å². The first-order valence-corrected chi connectivity index (χ1v) is 40.9. The summed E-state index contributed by atoms with van der Waals surface area (Å²) < 4.78 is 407. The lowest BCUT2D eigenvalue weighted by Crippen LogP contribution is -2.61. The summed E-state index contributed by atoms with van der Waals surface area (Å²) in [4.78, 5) is 2.78. The predicted octanol–water partition coefficient (Wildman–Crippen LogP) is 30.7. The van der Waals surface area contributed by atoms with Crippen LogP contribution in [0, 0.1) is 0 Å². The average Bonchev–Trinajstić information content (AvgIpc) is 0.720. The first-order valence-electron chi connectivity index (χ1n) is 60.4. The molecular formula is C116H119BN4. The molecule has 0 unspecified atom stereocenters. The largest absolute Gasteiger partial charge is 0.310 e. The zero-order valence-corrected chi connectivity index (χ0v) is 73.0. The van der Waals surface area contributed by atoms with Crippen LogP contribution < -0.4 is 26.2 Å². The van der Waals surface area contributed by atoms with Crippen LogP contribution in [0.2, 0.25) is 0 Å². The Morgan fingerprint density at radius 3 is 1.04 bits per heavy atom. The van der Waals surface area contributed by atoms with Crippen molar-refractivity contribution in [2.75, 3.05) is 9.80 Å². The molecular weight excluding hydrogens is 1460 g/mol. The van der Waals surface area contributed by atoms with Gasteiger partial charge in [0.25, 0.3) is 6.71 Å². The highest BCUT2D eigenvalue weighted by Crippen LogP contribution is 2.58. The zero-order chi connectivity index (χ0) is 119. The molecule has 0 N–H and O–H groups in total. The SMILES string of the molecule is [2H]c1c([2H])c([2H])c(-c2ccc3c(c2)N(c2c(-c4c([2H])c([2H])c(C(C)(C)C)c([2H])c4[2H])c([2H])c(C(C)(C)C)c([2H])c2-c2c(C(C)(C)C)c([2H])c([2H])c([2H])c2C(C)(C)C)c2cc(-n4c5c([2H])c([2H])c([2H])c([2H])c5c5c([2H])c([2H])c([2H])c([2H])c54)cc4c2B3c2ccc(-n3c5c([2H])c([2H])c([2H])c([2H])c5c5c([2H])c([2H])c([2H])c([2H])c53)cc2N4c2c(-c3c([2H])c([2H])c(C(C)(C)C)c([2H])c3[2H])c([2H])c(C(C)(C)C)c([2H])c2-c2c([2H])c([2H])c(C(C)(C)C)c([2H])c2C(C)(C)C)c([2H])c1[2H]. The Balaban J connectivity index is 1.28. The Labute approximate surface area is 775 Å². The van der Waals surface area contributed by atoms with E-state index in [1.54, 1.807) is 166 Å². The molecule has 0 fully saturated rings. The molecule has 0 amide bonds. The Morgan fingerprint density at radius 2 is 0.612 bits per heavy atom. The van der Waals surface area contributed by atoms with Crippen molar-refractivity contribution >= 4 is 101 Å². The maximum atomic E-state index is 11.9. The van der Waals surface area contributed by atoms with Crippen molar-refractivity contribution in [2.45, 2.75) is 209 Å². The third kappa shape index (κ3) is 13.9. The topological polar surface area (TPSA) is 16.3 Å². The highest BCUT2D eigenvalue weighted by molar-refractivity contribution is 7.00. The Morgan fingerprint density at radius 1 is 0.248 bits per heavy atom. The Kier molecular flexibility index (Phi) is 11.1. The molecule has 4 nitrogen and oxygen atoms in total. The normalized spacial score (nSPS) is 18.1. The molecule has 606 valence electrons. The average molecular weight is 1620 g/mol. The van der Waals surface area contributed by atoms with E-state index in [-0.39, 0.29) is 95.1 Å². The van der Waals surface area contributed by atoms with Gasteiger partial charge in [0, 0.05) is 72.2 Å². The number of hydrogen-bond acceptors (Lipinski definition) is 2. The van der Waals surface area contributed by atoms with Gasteiger partial charge in [0.15, 0.2) is 0 Å². The zero-order valence-electron chi connectivity index (χ0n) is 112. The van der Waals surface area contributed by atoms with Gasteiger partial charge in [-0.3, -0.25) is 0 Å².